The van der Waals surface area contributed by atoms with Gasteiger partial charge < -0.3 is 4.74 Å². The third-order valence-electron chi connectivity index (χ3n) is 2.87. The fraction of sp³-hybridized carbons (Fsp3) is 0.500. The second-order valence-electron chi connectivity index (χ2n) is 4.21. The first-order valence-electron chi connectivity index (χ1n) is 4.96. The van der Waals surface area contributed by atoms with Gasteiger partial charge in [0.15, 0.2) is 11.6 Å². The number of halogens is 2. The molecule has 1 nitrogen and oxygen atoms in total. The second kappa shape index (κ2) is 4.52. The van der Waals surface area contributed by atoms with E-state index in [4.69, 9.17) is 4.74 Å². The van der Waals surface area contributed by atoms with Crippen molar-refractivity contribution in [2.45, 2.75) is 32.6 Å². The lowest BCUT2D eigenvalue weighted by Crippen LogP contribution is -2.15. The zero-order chi connectivity index (χ0) is 11.6. The summed E-state index contributed by atoms with van der Waals surface area (Å²) in [5.41, 5.74) is 0.963. The molecule has 1 aromatic rings. The van der Waals surface area contributed by atoms with Gasteiger partial charge in [0.1, 0.15) is 0 Å². The fourth-order valence-corrected chi connectivity index (χ4v) is 1.95. The zero-order valence-corrected chi connectivity index (χ0v) is 11.1. The molecule has 0 amide bonds. The highest BCUT2D eigenvalue weighted by Crippen LogP contribution is 2.35. The Bertz CT molecular complexity index is 338. The van der Waals surface area contributed by atoms with Gasteiger partial charge in [0.25, 0.3) is 0 Å². The minimum absolute atomic E-state index is 0.0182. The van der Waals surface area contributed by atoms with Gasteiger partial charge in [-0.3, -0.25) is 0 Å². The van der Waals surface area contributed by atoms with Gasteiger partial charge in [-0.05, 0) is 45.5 Å². The highest BCUT2D eigenvalue weighted by Gasteiger charge is 2.21. The lowest BCUT2D eigenvalue weighted by Gasteiger charge is -2.24. The van der Waals surface area contributed by atoms with E-state index in [1.807, 2.05) is 6.07 Å². The summed E-state index contributed by atoms with van der Waals surface area (Å²) in [6.07, 6.45) is 0.964. The molecule has 0 aliphatic heterocycles. The second-order valence-corrected chi connectivity index (χ2v) is 5.06. The quantitative estimate of drug-likeness (QED) is 0.799. The Morgan fingerprint density at radius 1 is 1.40 bits per heavy atom. The smallest absolute Gasteiger partial charge is 0.168 e. The summed E-state index contributed by atoms with van der Waals surface area (Å²) < 4.78 is 19.2. The molecule has 0 aromatic heterocycles. The van der Waals surface area contributed by atoms with Crippen molar-refractivity contribution >= 4 is 15.9 Å². The highest BCUT2D eigenvalue weighted by atomic mass is 79.9. The fourth-order valence-electron chi connectivity index (χ4n) is 1.35. The Labute approximate surface area is 98.8 Å². The van der Waals surface area contributed by atoms with Crippen LogP contribution in [0, 0.1) is 5.82 Å². The van der Waals surface area contributed by atoms with Crippen molar-refractivity contribution in [2.24, 2.45) is 0 Å². The molecule has 0 radical (unpaired) electrons. The number of ether oxygens (including phenoxy) is 1. The van der Waals surface area contributed by atoms with Gasteiger partial charge in [-0.1, -0.05) is 20.8 Å². The molecule has 0 atom stereocenters. The monoisotopic (exact) mass is 274 g/mol. The van der Waals surface area contributed by atoms with Crippen LogP contribution in [0.1, 0.15) is 32.8 Å². The van der Waals surface area contributed by atoms with Crippen LogP contribution in [0.2, 0.25) is 0 Å². The van der Waals surface area contributed by atoms with Crippen LogP contribution in [0.15, 0.2) is 16.6 Å². The van der Waals surface area contributed by atoms with Crippen molar-refractivity contribution in [1.82, 2.24) is 0 Å². The molecule has 1 aromatic carbocycles. The predicted octanol–water partition coefficient (Wildman–Crippen LogP) is 4.28. The van der Waals surface area contributed by atoms with E-state index in [1.54, 1.807) is 6.07 Å². The Morgan fingerprint density at radius 2 is 2.00 bits per heavy atom. The minimum atomic E-state index is -0.316. The van der Waals surface area contributed by atoms with Crippen LogP contribution in [0.25, 0.3) is 0 Å². The van der Waals surface area contributed by atoms with Crippen LogP contribution in [-0.2, 0) is 5.41 Å². The van der Waals surface area contributed by atoms with Crippen molar-refractivity contribution in [1.29, 1.82) is 0 Å². The molecule has 0 N–H and O–H groups in total. The van der Waals surface area contributed by atoms with Gasteiger partial charge in [-0.25, -0.2) is 4.39 Å². The van der Waals surface area contributed by atoms with E-state index in [0.29, 0.717) is 4.47 Å². The molecule has 0 saturated heterocycles. The maximum absolute atomic E-state index is 13.6. The molecule has 3 heteroatoms. The standard InChI is InChI=1S/C12H16BrFO/c1-5-12(2,3)8-6-9(13)11(15-4)10(14)7-8/h6-7H,5H2,1-4H3. The van der Waals surface area contributed by atoms with E-state index < -0.39 is 0 Å². The first kappa shape index (κ1) is 12.5. The van der Waals surface area contributed by atoms with Crippen molar-refractivity contribution in [3.63, 3.8) is 0 Å². The third kappa shape index (κ3) is 2.51. The molecule has 0 aliphatic carbocycles. The SMILES string of the molecule is CCC(C)(C)c1cc(F)c(OC)c(Br)c1. The number of benzene rings is 1. The van der Waals surface area contributed by atoms with Crippen molar-refractivity contribution < 1.29 is 9.13 Å². The summed E-state index contributed by atoms with van der Waals surface area (Å²) in [5.74, 6) is -0.0472. The van der Waals surface area contributed by atoms with Crippen molar-refractivity contribution in [3.05, 3.63) is 28.0 Å². The Hall–Kier alpha value is -0.570. The summed E-state index contributed by atoms with van der Waals surface area (Å²) in [7, 11) is 1.47. The number of hydrogen-bond acceptors (Lipinski definition) is 1. The van der Waals surface area contributed by atoms with Gasteiger partial charge in [0, 0.05) is 0 Å². The summed E-state index contributed by atoms with van der Waals surface area (Å²) in [4.78, 5) is 0. The Balaban J connectivity index is 3.26. The van der Waals surface area contributed by atoms with E-state index in [2.05, 4.69) is 36.7 Å². The van der Waals surface area contributed by atoms with Crippen LogP contribution >= 0.6 is 15.9 Å². The van der Waals surface area contributed by atoms with Gasteiger partial charge in [0.05, 0.1) is 11.6 Å². The largest absolute Gasteiger partial charge is 0.492 e. The normalized spacial score (nSPS) is 11.6. The van der Waals surface area contributed by atoms with E-state index in [0.717, 1.165) is 12.0 Å². The average molecular weight is 275 g/mol. The van der Waals surface area contributed by atoms with Crippen LogP contribution in [0.5, 0.6) is 5.75 Å². The predicted molar refractivity (Wildman–Crippen MR) is 64.0 cm³/mol. The summed E-state index contributed by atoms with van der Waals surface area (Å²) >= 11 is 3.31. The van der Waals surface area contributed by atoms with Crippen LogP contribution in [0.3, 0.4) is 0 Å². The first-order chi connectivity index (χ1) is 6.92. The average Bonchev–Trinajstić information content (AvgIpc) is 2.17. The first-order valence-corrected chi connectivity index (χ1v) is 5.75. The third-order valence-corrected chi connectivity index (χ3v) is 3.46. The minimum Gasteiger partial charge on any atom is -0.492 e. The summed E-state index contributed by atoms with van der Waals surface area (Å²) in [6.45, 7) is 6.29. The zero-order valence-electron chi connectivity index (χ0n) is 9.53. The van der Waals surface area contributed by atoms with Gasteiger partial charge in [-0.15, -0.1) is 0 Å². The maximum Gasteiger partial charge on any atom is 0.168 e. The molecule has 0 bridgehead atoms. The molecule has 0 unspecified atom stereocenters. The summed E-state index contributed by atoms with van der Waals surface area (Å²) in [6, 6.07) is 3.47. The molecular formula is C12H16BrFO. The van der Waals surface area contributed by atoms with Gasteiger partial charge in [-0.2, -0.15) is 0 Å². The van der Waals surface area contributed by atoms with E-state index >= 15 is 0 Å². The van der Waals surface area contributed by atoms with Crippen LogP contribution < -0.4 is 4.74 Å². The van der Waals surface area contributed by atoms with Crippen molar-refractivity contribution in [3.8, 4) is 5.75 Å². The topological polar surface area (TPSA) is 9.23 Å². The lowest BCUT2D eigenvalue weighted by atomic mass is 9.82. The number of rotatable bonds is 3. The van der Waals surface area contributed by atoms with Crippen molar-refractivity contribution in [2.75, 3.05) is 7.11 Å². The molecule has 1 rings (SSSR count). The number of methoxy groups -OCH3 is 1. The van der Waals surface area contributed by atoms with Crippen LogP contribution in [0.4, 0.5) is 4.39 Å². The highest BCUT2D eigenvalue weighted by molar-refractivity contribution is 9.10. The van der Waals surface area contributed by atoms with E-state index in [9.17, 15) is 4.39 Å². The molecule has 0 spiro atoms. The molecule has 0 aliphatic rings. The Kier molecular flexibility index (Phi) is 3.77. The molecular weight excluding hydrogens is 259 g/mol. The Morgan fingerprint density at radius 3 is 2.40 bits per heavy atom. The van der Waals surface area contributed by atoms with Gasteiger partial charge >= 0.3 is 0 Å². The van der Waals surface area contributed by atoms with E-state index in [-0.39, 0.29) is 17.0 Å². The van der Waals surface area contributed by atoms with Crippen LogP contribution in [-0.4, -0.2) is 7.11 Å². The number of hydrogen-bond donors (Lipinski definition) is 0. The molecule has 0 heterocycles. The molecule has 15 heavy (non-hydrogen) atoms. The van der Waals surface area contributed by atoms with E-state index in [1.165, 1.54) is 7.11 Å². The summed E-state index contributed by atoms with van der Waals surface area (Å²) in [5, 5.41) is 0. The van der Waals surface area contributed by atoms with Gasteiger partial charge in [0.2, 0.25) is 0 Å². The lowest BCUT2D eigenvalue weighted by molar-refractivity contribution is 0.381. The molecule has 0 fully saturated rings. The molecule has 0 saturated carbocycles. The molecule has 84 valence electrons. The maximum atomic E-state index is 13.6.